The number of ether oxygens (including phenoxy) is 1. The monoisotopic (exact) mass is 360 g/mol. The Labute approximate surface area is 160 Å². The summed E-state index contributed by atoms with van der Waals surface area (Å²) in [4.78, 5) is 12.4. The topological polar surface area (TPSA) is 50.4 Å². The molecule has 3 rings (SSSR count). The fourth-order valence-electron chi connectivity index (χ4n) is 2.80. The normalized spacial score (nSPS) is 10.4. The van der Waals surface area contributed by atoms with Gasteiger partial charge >= 0.3 is 0 Å². The second-order valence-corrected chi connectivity index (χ2v) is 6.48. The summed E-state index contributed by atoms with van der Waals surface area (Å²) in [6.45, 7) is 3.46. The number of hydrogen-bond acceptors (Lipinski definition) is 3. The minimum absolute atomic E-state index is 0.100. The van der Waals surface area contributed by atoms with E-state index in [0.717, 1.165) is 34.7 Å². The number of amides is 1. The minimum Gasteiger partial charge on any atom is -0.497 e. The highest BCUT2D eigenvalue weighted by molar-refractivity contribution is 6.04. The molecule has 0 fully saturated rings. The SMILES string of the molecule is COc1cccc(CNCc2cccc(NC(=O)c3ccc(C)cc3)c2)c1. The smallest absolute Gasteiger partial charge is 0.255 e. The average molecular weight is 360 g/mol. The first kappa shape index (κ1) is 18.7. The van der Waals surface area contributed by atoms with Gasteiger partial charge in [0, 0.05) is 24.3 Å². The van der Waals surface area contributed by atoms with Gasteiger partial charge in [0.05, 0.1) is 7.11 Å². The second-order valence-electron chi connectivity index (χ2n) is 6.48. The molecule has 4 heteroatoms. The molecule has 0 atom stereocenters. The van der Waals surface area contributed by atoms with Crippen LogP contribution in [0.2, 0.25) is 0 Å². The second kappa shape index (κ2) is 9.01. The Morgan fingerprint density at radius 1 is 0.889 bits per heavy atom. The summed E-state index contributed by atoms with van der Waals surface area (Å²) in [5.41, 5.74) is 4.86. The molecule has 0 spiro atoms. The first-order valence-electron chi connectivity index (χ1n) is 8.94. The molecule has 0 aliphatic heterocycles. The van der Waals surface area contributed by atoms with Gasteiger partial charge < -0.3 is 15.4 Å². The van der Waals surface area contributed by atoms with E-state index in [1.807, 2.05) is 73.7 Å². The molecule has 0 saturated heterocycles. The summed E-state index contributed by atoms with van der Waals surface area (Å²) < 4.78 is 5.25. The van der Waals surface area contributed by atoms with E-state index in [-0.39, 0.29) is 5.91 Å². The Kier molecular flexibility index (Phi) is 6.23. The molecule has 0 aliphatic rings. The first-order valence-corrected chi connectivity index (χ1v) is 8.94. The van der Waals surface area contributed by atoms with Gasteiger partial charge in [-0.05, 0) is 54.4 Å². The number of carbonyl (C=O) groups excluding carboxylic acids is 1. The average Bonchev–Trinajstić information content (AvgIpc) is 2.69. The van der Waals surface area contributed by atoms with Crippen molar-refractivity contribution in [2.75, 3.05) is 12.4 Å². The number of nitrogens with one attached hydrogen (secondary N) is 2. The van der Waals surface area contributed by atoms with Gasteiger partial charge in [-0.3, -0.25) is 4.79 Å². The van der Waals surface area contributed by atoms with Crippen molar-refractivity contribution in [1.29, 1.82) is 0 Å². The van der Waals surface area contributed by atoms with Gasteiger partial charge in [-0.25, -0.2) is 0 Å². The fraction of sp³-hybridized carbons (Fsp3) is 0.174. The van der Waals surface area contributed by atoms with Gasteiger partial charge in [0.2, 0.25) is 0 Å². The number of hydrogen-bond donors (Lipinski definition) is 2. The van der Waals surface area contributed by atoms with Gasteiger partial charge in [-0.2, -0.15) is 0 Å². The summed E-state index contributed by atoms with van der Waals surface area (Å²) >= 11 is 0. The Morgan fingerprint density at radius 2 is 1.56 bits per heavy atom. The number of aryl methyl sites for hydroxylation is 1. The van der Waals surface area contributed by atoms with E-state index < -0.39 is 0 Å². The van der Waals surface area contributed by atoms with E-state index in [2.05, 4.69) is 16.7 Å². The maximum absolute atomic E-state index is 12.4. The zero-order valence-corrected chi connectivity index (χ0v) is 15.7. The molecule has 0 saturated carbocycles. The zero-order valence-electron chi connectivity index (χ0n) is 15.7. The molecule has 138 valence electrons. The molecule has 4 nitrogen and oxygen atoms in total. The van der Waals surface area contributed by atoms with Crippen molar-refractivity contribution in [3.8, 4) is 5.75 Å². The van der Waals surface area contributed by atoms with Crippen LogP contribution in [0.15, 0.2) is 72.8 Å². The minimum atomic E-state index is -0.100. The number of carbonyl (C=O) groups is 1. The summed E-state index contributed by atoms with van der Waals surface area (Å²) in [5, 5.41) is 6.38. The largest absolute Gasteiger partial charge is 0.497 e. The lowest BCUT2D eigenvalue weighted by atomic mass is 10.1. The molecule has 0 radical (unpaired) electrons. The predicted molar refractivity (Wildman–Crippen MR) is 109 cm³/mol. The van der Waals surface area contributed by atoms with Gasteiger partial charge in [-0.1, -0.05) is 42.0 Å². The third-order valence-corrected chi connectivity index (χ3v) is 4.29. The van der Waals surface area contributed by atoms with Crippen molar-refractivity contribution in [2.24, 2.45) is 0 Å². The molecule has 0 unspecified atom stereocenters. The molecule has 3 aromatic rings. The first-order chi connectivity index (χ1) is 13.1. The van der Waals surface area contributed by atoms with Gasteiger partial charge in [0.1, 0.15) is 5.75 Å². The highest BCUT2D eigenvalue weighted by atomic mass is 16.5. The van der Waals surface area contributed by atoms with Crippen LogP contribution < -0.4 is 15.4 Å². The van der Waals surface area contributed by atoms with Gasteiger partial charge in [0.25, 0.3) is 5.91 Å². The van der Waals surface area contributed by atoms with Crippen LogP contribution in [-0.2, 0) is 13.1 Å². The molecule has 2 N–H and O–H groups in total. The predicted octanol–water partition coefficient (Wildman–Crippen LogP) is 4.55. The quantitative estimate of drug-likeness (QED) is 0.650. The molecule has 3 aromatic carbocycles. The number of methoxy groups -OCH3 is 1. The molecule has 0 heterocycles. The summed E-state index contributed by atoms with van der Waals surface area (Å²) in [6, 6.07) is 23.4. The van der Waals surface area contributed by atoms with E-state index in [4.69, 9.17) is 4.74 Å². The summed E-state index contributed by atoms with van der Waals surface area (Å²) in [6.07, 6.45) is 0. The van der Waals surface area contributed by atoms with Crippen LogP contribution in [-0.4, -0.2) is 13.0 Å². The van der Waals surface area contributed by atoms with E-state index in [0.29, 0.717) is 12.1 Å². The molecule has 0 aromatic heterocycles. The lowest BCUT2D eigenvalue weighted by Gasteiger charge is -2.09. The van der Waals surface area contributed by atoms with E-state index >= 15 is 0 Å². The molecular formula is C23H24N2O2. The highest BCUT2D eigenvalue weighted by Crippen LogP contribution is 2.14. The fourth-order valence-corrected chi connectivity index (χ4v) is 2.80. The molecule has 1 amide bonds. The van der Waals surface area contributed by atoms with E-state index in [9.17, 15) is 4.79 Å². The Bertz CT molecular complexity index is 904. The molecule has 27 heavy (non-hydrogen) atoms. The Morgan fingerprint density at radius 3 is 2.26 bits per heavy atom. The van der Waals surface area contributed by atoms with E-state index in [1.165, 1.54) is 0 Å². The van der Waals surface area contributed by atoms with Crippen molar-refractivity contribution in [2.45, 2.75) is 20.0 Å². The van der Waals surface area contributed by atoms with Crippen molar-refractivity contribution in [3.05, 3.63) is 95.1 Å². The lowest BCUT2D eigenvalue weighted by molar-refractivity contribution is 0.102. The summed E-state index contributed by atoms with van der Waals surface area (Å²) in [5.74, 6) is 0.756. The lowest BCUT2D eigenvalue weighted by Crippen LogP contribution is -2.14. The van der Waals surface area contributed by atoms with Crippen LogP contribution in [0.25, 0.3) is 0 Å². The van der Waals surface area contributed by atoms with Crippen LogP contribution in [0.5, 0.6) is 5.75 Å². The van der Waals surface area contributed by atoms with Gasteiger partial charge in [0.15, 0.2) is 0 Å². The molecular weight excluding hydrogens is 336 g/mol. The maximum Gasteiger partial charge on any atom is 0.255 e. The van der Waals surface area contributed by atoms with E-state index in [1.54, 1.807) is 7.11 Å². The van der Waals surface area contributed by atoms with Crippen molar-refractivity contribution in [3.63, 3.8) is 0 Å². The maximum atomic E-state index is 12.4. The standard InChI is InChI=1S/C23H24N2O2/c1-17-9-11-20(12-10-17)23(26)25-21-7-3-5-18(13-21)15-24-16-19-6-4-8-22(14-19)27-2/h3-14,24H,15-16H2,1-2H3,(H,25,26). The van der Waals surface area contributed by atoms with Gasteiger partial charge in [-0.15, -0.1) is 0 Å². The third-order valence-electron chi connectivity index (χ3n) is 4.29. The Balaban J connectivity index is 1.56. The third kappa shape index (κ3) is 5.43. The van der Waals surface area contributed by atoms with Crippen LogP contribution in [0, 0.1) is 6.92 Å². The highest BCUT2D eigenvalue weighted by Gasteiger charge is 2.06. The van der Waals surface area contributed by atoms with Crippen LogP contribution in [0.3, 0.4) is 0 Å². The number of anilines is 1. The zero-order chi connectivity index (χ0) is 19.1. The Hall–Kier alpha value is -3.11. The van der Waals surface area contributed by atoms with Crippen molar-refractivity contribution in [1.82, 2.24) is 5.32 Å². The number of rotatable bonds is 7. The van der Waals surface area contributed by atoms with Crippen LogP contribution >= 0.6 is 0 Å². The van der Waals surface area contributed by atoms with Crippen molar-refractivity contribution >= 4 is 11.6 Å². The summed E-state index contributed by atoms with van der Waals surface area (Å²) in [7, 11) is 1.67. The van der Waals surface area contributed by atoms with Crippen LogP contribution in [0.1, 0.15) is 27.0 Å². The molecule has 0 aliphatic carbocycles. The molecule has 0 bridgehead atoms. The van der Waals surface area contributed by atoms with Crippen LogP contribution in [0.4, 0.5) is 5.69 Å². The van der Waals surface area contributed by atoms with Crippen molar-refractivity contribution < 1.29 is 9.53 Å². The number of benzene rings is 3.